The molecule has 106 valence electrons. The Bertz CT molecular complexity index is 421. The lowest BCUT2D eigenvalue weighted by molar-refractivity contribution is -0.139. The minimum absolute atomic E-state index is 0.0669. The third-order valence-corrected chi connectivity index (χ3v) is 2.56. The Balaban J connectivity index is 2.68. The molecule has 0 aliphatic heterocycles. The van der Waals surface area contributed by atoms with E-state index in [1.807, 2.05) is 6.07 Å². The molecule has 1 unspecified atom stereocenters. The highest BCUT2D eigenvalue weighted by Crippen LogP contribution is 2.27. The van der Waals surface area contributed by atoms with Gasteiger partial charge in [0.05, 0.1) is 13.7 Å². The topological polar surface area (TPSA) is 88.0 Å². The third-order valence-electron chi connectivity index (χ3n) is 2.56. The zero-order valence-corrected chi connectivity index (χ0v) is 11.0. The maximum atomic E-state index is 10.7. The van der Waals surface area contributed by atoms with Gasteiger partial charge in [-0.1, -0.05) is 6.07 Å². The molecule has 0 radical (unpaired) electrons. The summed E-state index contributed by atoms with van der Waals surface area (Å²) in [4.78, 5) is 10.7. The number of ether oxygens (including phenoxy) is 2. The van der Waals surface area contributed by atoms with E-state index >= 15 is 0 Å². The van der Waals surface area contributed by atoms with Crippen LogP contribution < -0.4 is 14.8 Å². The summed E-state index contributed by atoms with van der Waals surface area (Å²) in [5.74, 6) is 0.206. The van der Waals surface area contributed by atoms with Crippen LogP contribution in [0.15, 0.2) is 18.2 Å². The van der Waals surface area contributed by atoms with Crippen LogP contribution in [0, 0.1) is 0 Å². The number of aliphatic hydroxyl groups excluding tert-OH is 1. The number of aliphatic hydroxyl groups is 1. The lowest BCUT2D eigenvalue weighted by Crippen LogP contribution is -2.33. The molecule has 6 heteroatoms. The van der Waals surface area contributed by atoms with Gasteiger partial charge in [-0.15, -0.1) is 0 Å². The van der Waals surface area contributed by atoms with E-state index in [9.17, 15) is 4.79 Å². The molecule has 0 saturated heterocycles. The molecule has 6 nitrogen and oxygen atoms in total. The first-order chi connectivity index (χ1) is 9.08. The van der Waals surface area contributed by atoms with Crippen LogP contribution >= 0.6 is 0 Å². The molecule has 1 atom stereocenters. The first-order valence-electron chi connectivity index (χ1n) is 5.95. The fourth-order valence-electron chi connectivity index (χ4n) is 1.46. The first-order valence-corrected chi connectivity index (χ1v) is 5.95. The second-order valence-electron chi connectivity index (χ2n) is 4.00. The Morgan fingerprint density at radius 3 is 2.74 bits per heavy atom. The van der Waals surface area contributed by atoms with Gasteiger partial charge in [0.1, 0.15) is 12.6 Å². The smallest absolute Gasteiger partial charge is 0.320 e. The van der Waals surface area contributed by atoms with E-state index in [2.05, 4.69) is 5.32 Å². The molecule has 0 heterocycles. The van der Waals surface area contributed by atoms with Crippen molar-refractivity contribution in [2.75, 3.05) is 20.3 Å². The Hall–Kier alpha value is -1.79. The highest BCUT2D eigenvalue weighted by molar-refractivity contribution is 5.72. The van der Waals surface area contributed by atoms with Crippen molar-refractivity contribution in [1.29, 1.82) is 0 Å². The summed E-state index contributed by atoms with van der Waals surface area (Å²) in [7, 11) is 1.53. The van der Waals surface area contributed by atoms with Gasteiger partial charge in [0.15, 0.2) is 11.5 Å². The zero-order chi connectivity index (χ0) is 14.3. The van der Waals surface area contributed by atoms with Crippen molar-refractivity contribution < 1.29 is 24.5 Å². The number of carbonyl (C=O) groups is 1. The zero-order valence-electron chi connectivity index (χ0n) is 11.0. The molecule has 0 fully saturated rings. The predicted octanol–water partition coefficient (Wildman–Crippen LogP) is 0.629. The molecular formula is C13H19NO5. The molecule has 0 aromatic heterocycles. The molecule has 3 N–H and O–H groups in total. The van der Waals surface area contributed by atoms with Crippen molar-refractivity contribution in [1.82, 2.24) is 5.32 Å². The van der Waals surface area contributed by atoms with E-state index in [0.29, 0.717) is 18.0 Å². The van der Waals surface area contributed by atoms with Crippen molar-refractivity contribution in [2.45, 2.75) is 19.5 Å². The minimum Gasteiger partial charge on any atom is -0.493 e. The van der Waals surface area contributed by atoms with E-state index in [0.717, 1.165) is 5.56 Å². The van der Waals surface area contributed by atoms with Crippen LogP contribution in [0.5, 0.6) is 11.5 Å². The Labute approximate surface area is 112 Å². The summed E-state index contributed by atoms with van der Waals surface area (Å²) in [6.07, 6.45) is 0. The molecule has 0 aliphatic rings. The van der Waals surface area contributed by atoms with Crippen molar-refractivity contribution >= 4 is 5.97 Å². The molecule has 1 aromatic rings. The SMILES string of the molecule is COc1cc(CNC(C)C(=O)O)ccc1OCCO. The van der Waals surface area contributed by atoms with Gasteiger partial charge >= 0.3 is 5.97 Å². The fourth-order valence-corrected chi connectivity index (χ4v) is 1.46. The molecule has 1 aromatic carbocycles. The molecular weight excluding hydrogens is 250 g/mol. The van der Waals surface area contributed by atoms with E-state index < -0.39 is 12.0 Å². The number of methoxy groups -OCH3 is 1. The largest absolute Gasteiger partial charge is 0.493 e. The maximum absolute atomic E-state index is 10.7. The van der Waals surface area contributed by atoms with Crippen molar-refractivity contribution in [3.05, 3.63) is 23.8 Å². The number of rotatable bonds is 8. The van der Waals surface area contributed by atoms with Gasteiger partial charge < -0.3 is 25.0 Å². The number of carboxylic acids is 1. The van der Waals surface area contributed by atoms with Crippen LogP contribution in [0.4, 0.5) is 0 Å². The molecule has 0 amide bonds. The number of carboxylic acid groups (broad SMARTS) is 1. The van der Waals surface area contributed by atoms with Crippen LogP contribution in [0.2, 0.25) is 0 Å². The van der Waals surface area contributed by atoms with Gasteiger partial charge in [-0.2, -0.15) is 0 Å². The Morgan fingerprint density at radius 2 is 2.16 bits per heavy atom. The normalized spacial score (nSPS) is 11.9. The highest BCUT2D eigenvalue weighted by Gasteiger charge is 2.10. The molecule has 0 bridgehead atoms. The summed E-state index contributed by atoms with van der Waals surface area (Å²) in [5, 5.41) is 20.4. The average molecular weight is 269 g/mol. The van der Waals surface area contributed by atoms with Crippen LogP contribution in [-0.2, 0) is 11.3 Å². The molecule has 19 heavy (non-hydrogen) atoms. The van der Waals surface area contributed by atoms with E-state index in [1.54, 1.807) is 19.1 Å². The summed E-state index contributed by atoms with van der Waals surface area (Å²) >= 11 is 0. The summed E-state index contributed by atoms with van der Waals surface area (Å²) in [6.45, 7) is 2.13. The van der Waals surface area contributed by atoms with E-state index in [-0.39, 0.29) is 13.2 Å². The monoisotopic (exact) mass is 269 g/mol. The summed E-state index contributed by atoms with van der Waals surface area (Å²) in [5.41, 5.74) is 0.890. The van der Waals surface area contributed by atoms with Crippen LogP contribution in [-0.4, -0.2) is 42.5 Å². The van der Waals surface area contributed by atoms with Gasteiger partial charge in [-0.05, 0) is 24.6 Å². The molecule has 1 rings (SSSR count). The van der Waals surface area contributed by atoms with Crippen LogP contribution in [0.3, 0.4) is 0 Å². The maximum Gasteiger partial charge on any atom is 0.320 e. The van der Waals surface area contributed by atoms with E-state index in [4.69, 9.17) is 19.7 Å². The highest BCUT2D eigenvalue weighted by atomic mass is 16.5. The average Bonchev–Trinajstić information content (AvgIpc) is 2.42. The predicted molar refractivity (Wildman–Crippen MR) is 69.5 cm³/mol. The van der Waals surface area contributed by atoms with Gasteiger partial charge in [0.2, 0.25) is 0 Å². The second-order valence-corrected chi connectivity index (χ2v) is 4.00. The Kier molecular flexibility index (Phi) is 6.11. The van der Waals surface area contributed by atoms with Crippen molar-refractivity contribution in [3.63, 3.8) is 0 Å². The third kappa shape index (κ3) is 4.76. The first kappa shape index (κ1) is 15.3. The standard InChI is InChI=1S/C13H19NO5/c1-9(13(16)17)14-8-10-3-4-11(19-6-5-15)12(7-10)18-2/h3-4,7,9,14-15H,5-6,8H2,1-2H3,(H,16,17). The summed E-state index contributed by atoms with van der Waals surface area (Å²) in [6, 6.07) is 4.71. The van der Waals surface area contributed by atoms with Gasteiger partial charge in [-0.3, -0.25) is 4.79 Å². The quantitative estimate of drug-likeness (QED) is 0.641. The number of nitrogens with one attached hydrogen (secondary N) is 1. The minimum atomic E-state index is -0.894. The summed E-state index contributed by atoms with van der Waals surface area (Å²) < 4.78 is 10.5. The molecule has 0 saturated carbocycles. The van der Waals surface area contributed by atoms with Gasteiger partial charge in [0.25, 0.3) is 0 Å². The molecule has 0 spiro atoms. The lowest BCUT2D eigenvalue weighted by atomic mass is 10.2. The Morgan fingerprint density at radius 1 is 1.42 bits per heavy atom. The van der Waals surface area contributed by atoms with E-state index in [1.165, 1.54) is 7.11 Å². The lowest BCUT2D eigenvalue weighted by Gasteiger charge is -2.13. The van der Waals surface area contributed by atoms with Gasteiger partial charge in [-0.25, -0.2) is 0 Å². The number of hydrogen-bond acceptors (Lipinski definition) is 5. The fraction of sp³-hybridized carbons (Fsp3) is 0.462. The number of aliphatic carboxylic acids is 1. The number of hydrogen-bond donors (Lipinski definition) is 3. The van der Waals surface area contributed by atoms with Crippen molar-refractivity contribution in [3.8, 4) is 11.5 Å². The van der Waals surface area contributed by atoms with Crippen LogP contribution in [0.25, 0.3) is 0 Å². The second kappa shape index (κ2) is 7.60. The van der Waals surface area contributed by atoms with Crippen molar-refractivity contribution in [2.24, 2.45) is 0 Å². The van der Waals surface area contributed by atoms with Crippen LogP contribution in [0.1, 0.15) is 12.5 Å². The van der Waals surface area contributed by atoms with Gasteiger partial charge in [0, 0.05) is 6.54 Å². The number of benzene rings is 1. The molecule has 0 aliphatic carbocycles.